The summed E-state index contributed by atoms with van der Waals surface area (Å²) in [6, 6.07) is 10.1. The third kappa shape index (κ3) is 7.98. The van der Waals surface area contributed by atoms with Crippen LogP contribution in [0.5, 0.6) is 5.75 Å². The molecular weight excluding hydrogens is 566 g/mol. The molecule has 0 aromatic heterocycles. The molecule has 0 aliphatic carbocycles. The van der Waals surface area contributed by atoms with Gasteiger partial charge in [0.05, 0.1) is 21.7 Å². The SMILES string of the molecule is CC1CN(CCC(C)(C(=O)NCc2ccc(OC(F)(F)F)cc2)c2ccc(Cl)c(Cl)c2)CCN1S(C)(=O)=O. The van der Waals surface area contributed by atoms with Crippen molar-refractivity contribution in [1.29, 1.82) is 0 Å². The molecule has 0 saturated carbocycles. The van der Waals surface area contributed by atoms with E-state index >= 15 is 0 Å². The number of nitrogens with one attached hydrogen (secondary N) is 1. The molecule has 0 spiro atoms. The van der Waals surface area contributed by atoms with E-state index < -0.39 is 21.8 Å². The quantitative estimate of drug-likeness (QED) is 0.449. The van der Waals surface area contributed by atoms with Crippen molar-refractivity contribution in [3.8, 4) is 5.75 Å². The van der Waals surface area contributed by atoms with E-state index in [9.17, 15) is 26.4 Å². The lowest BCUT2D eigenvalue weighted by Gasteiger charge is -2.40. The van der Waals surface area contributed by atoms with Crippen LogP contribution in [0.15, 0.2) is 42.5 Å². The first-order valence-corrected chi connectivity index (χ1v) is 14.5. The first-order valence-electron chi connectivity index (χ1n) is 11.9. The minimum absolute atomic E-state index is 0.0894. The smallest absolute Gasteiger partial charge is 0.406 e. The summed E-state index contributed by atoms with van der Waals surface area (Å²) in [5.41, 5.74) is 0.223. The predicted molar refractivity (Wildman–Crippen MR) is 141 cm³/mol. The third-order valence-electron chi connectivity index (χ3n) is 6.67. The highest BCUT2D eigenvalue weighted by molar-refractivity contribution is 7.88. The molecule has 38 heavy (non-hydrogen) atoms. The Morgan fingerprint density at radius 2 is 1.76 bits per heavy atom. The van der Waals surface area contributed by atoms with Crippen LogP contribution < -0.4 is 10.1 Å². The minimum Gasteiger partial charge on any atom is -0.406 e. The van der Waals surface area contributed by atoms with E-state index in [2.05, 4.69) is 15.0 Å². The number of ether oxygens (including phenoxy) is 1. The molecule has 0 bridgehead atoms. The highest BCUT2D eigenvalue weighted by Gasteiger charge is 2.37. The molecule has 1 saturated heterocycles. The molecule has 1 fully saturated rings. The largest absolute Gasteiger partial charge is 0.573 e. The van der Waals surface area contributed by atoms with Crippen molar-refractivity contribution >= 4 is 39.1 Å². The van der Waals surface area contributed by atoms with E-state index in [0.717, 1.165) is 0 Å². The van der Waals surface area contributed by atoms with Crippen LogP contribution in [-0.2, 0) is 26.8 Å². The summed E-state index contributed by atoms with van der Waals surface area (Å²) in [6.45, 7) is 5.67. The maximum absolute atomic E-state index is 13.5. The molecule has 2 aromatic rings. The zero-order valence-corrected chi connectivity index (χ0v) is 23.5. The Kier molecular flexibility index (Phi) is 9.63. The number of nitrogens with zero attached hydrogens (tertiary/aromatic N) is 2. The van der Waals surface area contributed by atoms with Crippen molar-refractivity contribution < 1.29 is 31.1 Å². The van der Waals surface area contributed by atoms with Crippen molar-refractivity contribution in [3.05, 3.63) is 63.6 Å². The van der Waals surface area contributed by atoms with Gasteiger partial charge in [0.15, 0.2) is 0 Å². The Balaban J connectivity index is 1.73. The number of benzene rings is 2. The number of rotatable bonds is 9. The van der Waals surface area contributed by atoms with E-state index in [1.165, 1.54) is 34.8 Å². The van der Waals surface area contributed by atoms with Crippen molar-refractivity contribution in [2.45, 2.75) is 44.6 Å². The van der Waals surface area contributed by atoms with Crippen LogP contribution in [0.1, 0.15) is 31.4 Å². The molecule has 7 nitrogen and oxygen atoms in total. The summed E-state index contributed by atoms with van der Waals surface area (Å²) in [5.74, 6) is -0.646. The van der Waals surface area contributed by atoms with Crippen LogP contribution in [0.25, 0.3) is 0 Å². The first kappa shape index (κ1) is 30.5. The second-order valence-electron chi connectivity index (χ2n) is 9.61. The van der Waals surface area contributed by atoms with Crippen LogP contribution >= 0.6 is 23.2 Å². The van der Waals surface area contributed by atoms with Gasteiger partial charge in [0.2, 0.25) is 15.9 Å². The van der Waals surface area contributed by atoms with Crippen LogP contribution in [0.2, 0.25) is 10.0 Å². The summed E-state index contributed by atoms with van der Waals surface area (Å²) in [5, 5.41) is 3.54. The van der Waals surface area contributed by atoms with E-state index in [-0.39, 0.29) is 24.2 Å². The molecule has 1 aliphatic rings. The van der Waals surface area contributed by atoms with Gasteiger partial charge >= 0.3 is 6.36 Å². The fourth-order valence-electron chi connectivity index (χ4n) is 4.51. The molecular formula is C25H30Cl2F3N3O4S. The third-order valence-corrected chi connectivity index (χ3v) is 8.81. The summed E-state index contributed by atoms with van der Waals surface area (Å²) < 4.78 is 66.6. The fourth-order valence-corrected chi connectivity index (χ4v) is 5.94. The Morgan fingerprint density at radius 3 is 2.32 bits per heavy atom. The van der Waals surface area contributed by atoms with Crippen molar-refractivity contribution in [3.63, 3.8) is 0 Å². The molecule has 3 rings (SSSR count). The average Bonchev–Trinajstić information content (AvgIpc) is 2.81. The Bertz CT molecular complexity index is 1250. The van der Waals surface area contributed by atoms with Gasteiger partial charge in [-0.25, -0.2) is 8.42 Å². The van der Waals surface area contributed by atoms with Gasteiger partial charge in [0.25, 0.3) is 0 Å². The summed E-state index contributed by atoms with van der Waals surface area (Å²) in [7, 11) is -3.30. The number of piperazine rings is 1. The van der Waals surface area contributed by atoms with E-state index in [1.54, 1.807) is 25.1 Å². The predicted octanol–water partition coefficient (Wildman–Crippen LogP) is 4.82. The maximum Gasteiger partial charge on any atom is 0.573 e. The number of carbonyl (C=O) groups excluding carboxylic acids is 1. The lowest BCUT2D eigenvalue weighted by atomic mass is 9.78. The van der Waals surface area contributed by atoms with E-state index in [1.807, 2.05) is 6.92 Å². The monoisotopic (exact) mass is 595 g/mol. The van der Waals surface area contributed by atoms with Crippen LogP contribution in [0.4, 0.5) is 13.2 Å². The molecule has 13 heteroatoms. The summed E-state index contributed by atoms with van der Waals surface area (Å²) in [6.07, 6.45) is -3.19. The second-order valence-corrected chi connectivity index (χ2v) is 12.4. The van der Waals surface area contributed by atoms with Crippen molar-refractivity contribution in [2.24, 2.45) is 0 Å². The molecule has 2 aromatic carbocycles. The summed E-state index contributed by atoms with van der Waals surface area (Å²) in [4.78, 5) is 15.7. The highest BCUT2D eigenvalue weighted by atomic mass is 35.5. The maximum atomic E-state index is 13.5. The molecule has 1 aliphatic heterocycles. The van der Waals surface area contributed by atoms with Gasteiger partial charge in [-0.05, 0) is 62.2 Å². The molecule has 1 heterocycles. The number of halogens is 5. The Morgan fingerprint density at radius 1 is 1.11 bits per heavy atom. The number of carbonyl (C=O) groups is 1. The average molecular weight is 596 g/mol. The topological polar surface area (TPSA) is 79.0 Å². The van der Waals surface area contributed by atoms with Gasteiger partial charge in [0.1, 0.15) is 5.75 Å². The molecule has 1 amide bonds. The number of hydrogen-bond acceptors (Lipinski definition) is 5. The van der Waals surface area contributed by atoms with Gasteiger partial charge in [-0.3, -0.25) is 4.79 Å². The lowest BCUT2D eigenvalue weighted by Crippen LogP contribution is -2.54. The molecule has 0 radical (unpaired) electrons. The zero-order valence-electron chi connectivity index (χ0n) is 21.2. The van der Waals surface area contributed by atoms with Gasteiger partial charge in [-0.2, -0.15) is 4.31 Å². The number of amides is 1. The number of alkyl halides is 3. The zero-order chi connectivity index (χ0) is 28.3. The number of sulfonamides is 1. The number of hydrogen-bond donors (Lipinski definition) is 1. The normalized spacial score (nSPS) is 19.1. The van der Waals surface area contributed by atoms with Gasteiger partial charge in [-0.1, -0.05) is 41.4 Å². The molecule has 210 valence electrons. The van der Waals surface area contributed by atoms with Gasteiger partial charge in [0, 0.05) is 32.2 Å². The minimum atomic E-state index is -4.79. The molecule has 2 atom stereocenters. The summed E-state index contributed by atoms with van der Waals surface area (Å²) >= 11 is 12.4. The lowest BCUT2D eigenvalue weighted by molar-refractivity contribution is -0.274. The second kappa shape index (κ2) is 12.0. The highest BCUT2D eigenvalue weighted by Crippen LogP contribution is 2.34. The van der Waals surface area contributed by atoms with Crippen LogP contribution in [-0.4, -0.2) is 68.4 Å². The fraction of sp³-hybridized carbons (Fsp3) is 0.480. The Hall–Kier alpha value is -2.05. The standard InChI is InChI=1S/C25H30Cl2F3N3O4S/c1-17-16-32(12-13-33(17)38(3,35)36)11-10-24(2,19-6-9-21(26)22(27)14-19)23(34)31-15-18-4-7-20(8-5-18)37-25(28,29)30/h4-9,14,17H,10-13,15-16H2,1-3H3,(H,31,34). The Labute approximate surface area is 230 Å². The van der Waals surface area contributed by atoms with Gasteiger partial charge in [-0.15, -0.1) is 13.2 Å². The van der Waals surface area contributed by atoms with Gasteiger partial charge < -0.3 is 15.0 Å². The van der Waals surface area contributed by atoms with Crippen molar-refractivity contribution in [1.82, 2.24) is 14.5 Å². The van der Waals surface area contributed by atoms with E-state index in [4.69, 9.17) is 23.2 Å². The molecule has 2 unspecified atom stereocenters. The van der Waals surface area contributed by atoms with Crippen LogP contribution in [0.3, 0.4) is 0 Å². The first-order chi connectivity index (χ1) is 17.6. The van der Waals surface area contributed by atoms with E-state index in [0.29, 0.717) is 53.8 Å². The van der Waals surface area contributed by atoms with Crippen LogP contribution in [0, 0.1) is 0 Å². The molecule has 1 N–H and O–H groups in total. The van der Waals surface area contributed by atoms with Crippen molar-refractivity contribution in [2.75, 3.05) is 32.4 Å².